The quantitative estimate of drug-likeness (QED) is 0.843. The molecule has 1 rings (SSSR count). The van der Waals surface area contributed by atoms with Crippen LogP contribution in [0.15, 0.2) is 18.5 Å². The number of carbonyl (C=O) groups is 1. The molecule has 4 heteroatoms. The number of hydrogen-bond acceptors (Lipinski definition) is 3. The highest BCUT2D eigenvalue weighted by Gasteiger charge is 2.20. The first-order valence-corrected chi connectivity index (χ1v) is 6.60. The first-order chi connectivity index (χ1) is 8.61. The van der Waals surface area contributed by atoms with Gasteiger partial charge in [0.15, 0.2) is 0 Å². The lowest BCUT2D eigenvalue weighted by molar-refractivity contribution is 0.0707. The lowest BCUT2D eigenvalue weighted by Gasteiger charge is -2.27. The molecule has 0 bridgehead atoms. The Bertz CT molecular complexity index is 390. The van der Waals surface area contributed by atoms with Gasteiger partial charge in [0.1, 0.15) is 0 Å². The zero-order valence-corrected chi connectivity index (χ0v) is 11.7. The van der Waals surface area contributed by atoms with E-state index in [4.69, 9.17) is 0 Å². The van der Waals surface area contributed by atoms with Crippen molar-refractivity contribution >= 4 is 11.6 Å². The minimum atomic E-state index is 0.0743. The number of pyridine rings is 1. The average Bonchev–Trinajstić information content (AvgIpc) is 2.36. The molecule has 4 nitrogen and oxygen atoms in total. The lowest BCUT2D eigenvalue weighted by Crippen LogP contribution is -2.37. The molecular weight excluding hydrogens is 226 g/mol. The van der Waals surface area contributed by atoms with E-state index in [1.165, 1.54) is 0 Å². The van der Waals surface area contributed by atoms with Gasteiger partial charge in [-0.05, 0) is 33.3 Å². The van der Waals surface area contributed by atoms with Crippen LogP contribution in [0, 0.1) is 0 Å². The van der Waals surface area contributed by atoms with Crippen LogP contribution < -0.4 is 5.32 Å². The van der Waals surface area contributed by atoms with Gasteiger partial charge in [0, 0.05) is 25.3 Å². The van der Waals surface area contributed by atoms with Gasteiger partial charge in [-0.3, -0.25) is 9.78 Å². The fraction of sp³-hybridized carbons (Fsp3) is 0.571. The molecule has 0 aliphatic rings. The number of aromatic nitrogens is 1. The summed E-state index contributed by atoms with van der Waals surface area (Å²) >= 11 is 0. The minimum Gasteiger partial charge on any atom is -0.383 e. The maximum atomic E-state index is 12.5. The van der Waals surface area contributed by atoms with Crippen molar-refractivity contribution < 1.29 is 4.79 Å². The van der Waals surface area contributed by atoms with E-state index in [1.54, 1.807) is 18.5 Å². The largest absolute Gasteiger partial charge is 0.383 e. The molecule has 0 atom stereocenters. The van der Waals surface area contributed by atoms with Crippen molar-refractivity contribution in [2.24, 2.45) is 0 Å². The van der Waals surface area contributed by atoms with Gasteiger partial charge >= 0.3 is 0 Å². The van der Waals surface area contributed by atoms with E-state index >= 15 is 0 Å². The number of hydrogen-bond donors (Lipinski definition) is 1. The molecule has 1 heterocycles. The topological polar surface area (TPSA) is 45.2 Å². The normalized spacial score (nSPS) is 10.5. The molecule has 1 N–H and O–H groups in total. The summed E-state index contributed by atoms with van der Waals surface area (Å²) < 4.78 is 0. The van der Waals surface area contributed by atoms with Crippen LogP contribution >= 0.6 is 0 Å². The molecule has 1 aromatic rings. The second-order valence-electron chi connectivity index (χ2n) is 4.54. The van der Waals surface area contributed by atoms with Gasteiger partial charge in [-0.1, -0.05) is 6.92 Å². The molecular formula is C14H23N3O. The van der Waals surface area contributed by atoms with Crippen molar-refractivity contribution in [3.8, 4) is 0 Å². The number of carbonyl (C=O) groups excluding carboxylic acids is 1. The number of nitrogens with zero attached hydrogens (tertiary/aromatic N) is 2. The Kier molecular flexibility index (Phi) is 5.62. The van der Waals surface area contributed by atoms with Crippen molar-refractivity contribution in [2.45, 2.75) is 40.2 Å². The van der Waals surface area contributed by atoms with E-state index in [1.807, 2.05) is 25.7 Å². The van der Waals surface area contributed by atoms with E-state index in [9.17, 15) is 4.79 Å². The Morgan fingerprint density at radius 3 is 2.72 bits per heavy atom. The third kappa shape index (κ3) is 3.45. The summed E-state index contributed by atoms with van der Waals surface area (Å²) in [7, 11) is 0. The van der Waals surface area contributed by atoms with Crippen LogP contribution in [0.4, 0.5) is 5.69 Å². The summed E-state index contributed by atoms with van der Waals surface area (Å²) in [6, 6.07) is 1.99. The fourth-order valence-corrected chi connectivity index (χ4v) is 1.90. The predicted molar refractivity (Wildman–Crippen MR) is 74.9 cm³/mol. The minimum absolute atomic E-state index is 0.0743. The maximum Gasteiger partial charge on any atom is 0.256 e. The monoisotopic (exact) mass is 249 g/mol. The molecule has 0 unspecified atom stereocenters. The molecule has 0 aliphatic carbocycles. The van der Waals surface area contributed by atoms with Gasteiger partial charge in [0.25, 0.3) is 5.91 Å². The first-order valence-electron chi connectivity index (χ1n) is 6.60. The van der Waals surface area contributed by atoms with Crippen LogP contribution in [-0.2, 0) is 0 Å². The molecule has 100 valence electrons. The van der Waals surface area contributed by atoms with E-state index in [0.717, 1.165) is 25.2 Å². The van der Waals surface area contributed by atoms with Gasteiger partial charge in [-0.25, -0.2) is 0 Å². The van der Waals surface area contributed by atoms with Gasteiger partial charge in [0.2, 0.25) is 0 Å². The van der Waals surface area contributed by atoms with Gasteiger partial charge in [0.05, 0.1) is 17.4 Å². The van der Waals surface area contributed by atoms with Crippen LogP contribution in [0.1, 0.15) is 44.5 Å². The molecule has 0 fully saturated rings. The van der Waals surface area contributed by atoms with Crippen molar-refractivity contribution in [2.75, 3.05) is 18.4 Å². The van der Waals surface area contributed by atoms with Crippen molar-refractivity contribution in [3.05, 3.63) is 24.0 Å². The van der Waals surface area contributed by atoms with E-state index < -0.39 is 0 Å². The van der Waals surface area contributed by atoms with Crippen LogP contribution in [0.3, 0.4) is 0 Å². The Morgan fingerprint density at radius 2 is 2.17 bits per heavy atom. The van der Waals surface area contributed by atoms with Crippen LogP contribution in [0.5, 0.6) is 0 Å². The maximum absolute atomic E-state index is 12.5. The Labute approximate surface area is 109 Å². The van der Waals surface area contributed by atoms with Crippen molar-refractivity contribution in [3.63, 3.8) is 0 Å². The lowest BCUT2D eigenvalue weighted by atomic mass is 10.1. The van der Waals surface area contributed by atoms with Gasteiger partial charge < -0.3 is 10.2 Å². The van der Waals surface area contributed by atoms with Crippen molar-refractivity contribution in [1.82, 2.24) is 9.88 Å². The highest BCUT2D eigenvalue weighted by atomic mass is 16.2. The number of amides is 1. The summed E-state index contributed by atoms with van der Waals surface area (Å²) in [4.78, 5) is 18.5. The second-order valence-corrected chi connectivity index (χ2v) is 4.54. The van der Waals surface area contributed by atoms with E-state index in [2.05, 4.69) is 17.2 Å². The molecule has 0 aromatic carbocycles. The zero-order valence-electron chi connectivity index (χ0n) is 11.7. The predicted octanol–water partition coefficient (Wildman–Crippen LogP) is 2.77. The third-order valence-corrected chi connectivity index (χ3v) is 2.77. The summed E-state index contributed by atoms with van der Waals surface area (Å²) in [6.07, 6.45) is 4.34. The molecule has 1 aromatic heterocycles. The summed E-state index contributed by atoms with van der Waals surface area (Å²) in [6.45, 7) is 9.74. The highest BCUT2D eigenvalue weighted by molar-refractivity contribution is 5.99. The second kappa shape index (κ2) is 6.99. The molecule has 1 amide bonds. The van der Waals surface area contributed by atoms with Gasteiger partial charge in [-0.15, -0.1) is 0 Å². The zero-order chi connectivity index (χ0) is 13.5. The van der Waals surface area contributed by atoms with Crippen LogP contribution in [-0.4, -0.2) is 34.9 Å². The SMILES string of the molecule is CCCN(C(=O)c1ccncc1NCC)C(C)C. The van der Waals surface area contributed by atoms with Gasteiger partial charge in [-0.2, -0.15) is 0 Å². The molecule has 0 spiro atoms. The molecule has 18 heavy (non-hydrogen) atoms. The summed E-state index contributed by atoms with van der Waals surface area (Å²) in [5.41, 5.74) is 1.51. The smallest absolute Gasteiger partial charge is 0.256 e. The third-order valence-electron chi connectivity index (χ3n) is 2.77. The molecule has 0 saturated heterocycles. The summed E-state index contributed by atoms with van der Waals surface area (Å²) in [5.74, 6) is 0.0743. The Morgan fingerprint density at radius 1 is 1.44 bits per heavy atom. The Hall–Kier alpha value is -1.58. The van der Waals surface area contributed by atoms with Crippen molar-refractivity contribution in [1.29, 1.82) is 0 Å². The number of anilines is 1. The van der Waals surface area contributed by atoms with Crippen LogP contribution in [0.25, 0.3) is 0 Å². The first kappa shape index (κ1) is 14.5. The molecule has 0 aliphatic heterocycles. The van der Waals surface area contributed by atoms with E-state index in [0.29, 0.717) is 5.56 Å². The average molecular weight is 249 g/mol. The molecule has 0 saturated carbocycles. The highest BCUT2D eigenvalue weighted by Crippen LogP contribution is 2.17. The van der Waals surface area contributed by atoms with E-state index in [-0.39, 0.29) is 11.9 Å². The summed E-state index contributed by atoms with van der Waals surface area (Å²) in [5, 5.41) is 3.18. The number of nitrogens with one attached hydrogen (secondary N) is 1. The standard InChI is InChI=1S/C14H23N3O/c1-5-9-17(11(3)4)14(18)12-7-8-15-10-13(12)16-6-2/h7-8,10-11,16H,5-6,9H2,1-4H3. The number of rotatable bonds is 6. The Balaban J connectivity index is 3.00. The molecule has 0 radical (unpaired) electrons. The van der Waals surface area contributed by atoms with Crippen LogP contribution in [0.2, 0.25) is 0 Å². The fourth-order valence-electron chi connectivity index (χ4n) is 1.90.